The summed E-state index contributed by atoms with van der Waals surface area (Å²) in [4.78, 5) is 26.6. The zero-order valence-corrected chi connectivity index (χ0v) is 16.2. The molecule has 0 aliphatic rings. The maximum Gasteiger partial charge on any atom is 0.272 e. The van der Waals surface area contributed by atoms with Gasteiger partial charge in [0.2, 0.25) is 11.7 Å². The van der Waals surface area contributed by atoms with Gasteiger partial charge in [0.15, 0.2) is 5.82 Å². The molecule has 0 bridgehead atoms. The van der Waals surface area contributed by atoms with E-state index < -0.39 is 0 Å². The van der Waals surface area contributed by atoms with Gasteiger partial charge in [0, 0.05) is 13.6 Å². The summed E-state index contributed by atoms with van der Waals surface area (Å²) < 4.78 is 4.12. The molecule has 0 aromatic carbocycles. The van der Waals surface area contributed by atoms with Gasteiger partial charge in [0.1, 0.15) is 4.70 Å². The van der Waals surface area contributed by atoms with Gasteiger partial charge in [-0.1, -0.05) is 13.8 Å². The fourth-order valence-corrected chi connectivity index (χ4v) is 3.86. The Hall–Kier alpha value is -2.26. The predicted molar refractivity (Wildman–Crippen MR) is 102 cm³/mol. The first-order valence-corrected chi connectivity index (χ1v) is 9.74. The van der Waals surface area contributed by atoms with Crippen molar-refractivity contribution in [2.24, 2.45) is 7.05 Å². The van der Waals surface area contributed by atoms with E-state index in [4.69, 9.17) is 0 Å². The molecule has 140 valence electrons. The van der Waals surface area contributed by atoms with Gasteiger partial charge in [-0.05, 0) is 30.8 Å². The largest absolute Gasteiger partial charge is 0.355 e. The highest BCUT2D eigenvalue weighted by atomic mass is 32.1. The number of aryl methyl sites for hydroxylation is 1. The first-order valence-electron chi connectivity index (χ1n) is 8.86. The Morgan fingerprint density at radius 1 is 1.31 bits per heavy atom. The average molecular weight is 376 g/mol. The average Bonchev–Trinajstić information content (AvgIpc) is 3.25. The smallest absolute Gasteiger partial charge is 0.272 e. The van der Waals surface area contributed by atoms with Crippen LogP contribution in [0.4, 0.5) is 0 Å². The number of fused-ring (bicyclic) bond motifs is 3. The molecule has 0 saturated heterocycles. The van der Waals surface area contributed by atoms with Crippen LogP contribution in [0.1, 0.15) is 32.5 Å². The molecule has 3 aromatic rings. The molecular weight excluding hydrogens is 352 g/mol. The SMILES string of the molecule is CCCNC(=O)CN(CCC)Cc1nnc2n(C)c(=O)c3sccc3n12. The molecule has 26 heavy (non-hydrogen) atoms. The summed E-state index contributed by atoms with van der Waals surface area (Å²) in [7, 11) is 1.71. The minimum absolute atomic E-state index is 0.0159. The molecule has 3 heterocycles. The standard InChI is InChI=1S/C17H24N6O2S/c1-4-7-18-14(24)11-22(8-5-2)10-13-19-20-17-21(3)16(25)15-12(23(13)17)6-9-26-15/h6,9H,4-5,7-8,10-11H2,1-3H3,(H,18,24). The number of nitrogens with one attached hydrogen (secondary N) is 1. The molecule has 0 atom stereocenters. The summed E-state index contributed by atoms with van der Waals surface area (Å²) in [6.45, 7) is 6.40. The summed E-state index contributed by atoms with van der Waals surface area (Å²) in [5, 5.41) is 13.3. The second kappa shape index (κ2) is 7.96. The number of hydrogen-bond donors (Lipinski definition) is 1. The fourth-order valence-electron chi connectivity index (χ4n) is 3.01. The third kappa shape index (κ3) is 3.49. The summed E-state index contributed by atoms with van der Waals surface area (Å²) in [5.74, 6) is 1.26. The number of rotatable bonds is 8. The molecule has 0 unspecified atom stereocenters. The topological polar surface area (TPSA) is 84.5 Å². The molecule has 0 fully saturated rings. The number of nitrogens with zero attached hydrogens (tertiary/aromatic N) is 5. The van der Waals surface area contributed by atoms with Crippen molar-refractivity contribution in [1.82, 2.24) is 29.4 Å². The number of amides is 1. The lowest BCUT2D eigenvalue weighted by molar-refractivity contribution is -0.122. The third-order valence-electron chi connectivity index (χ3n) is 4.24. The molecule has 1 N–H and O–H groups in total. The van der Waals surface area contributed by atoms with Gasteiger partial charge in [0.25, 0.3) is 5.56 Å². The van der Waals surface area contributed by atoms with Crippen molar-refractivity contribution in [3.05, 3.63) is 27.6 Å². The summed E-state index contributed by atoms with van der Waals surface area (Å²) in [6.07, 6.45) is 1.85. The highest BCUT2D eigenvalue weighted by molar-refractivity contribution is 7.17. The van der Waals surface area contributed by atoms with E-state index in [-0.39, 0.29) is 11.5 Å². The number of thiophene rings is 1. The molecule has 0 spiro atoms. The Balaban J connectivity index is 1.94. The monoisotopic (exact) mass is 376 g/mol. The lowest BCUT2D eigenvalue weighted by atomic mass is 10.3. The van der Waals surface area contributed by atoms with Crippen molar-refractivity contribution < 1.29 is 4.79 Å². The van der Waals surface area contributed by atoms with Crippen molar-refractivity contribution in [2.75, 3.05) is 19.6 Å². The molecule has 8 nitrogen and oxygen atoms in total. The van der Waals surface area contributed by atoms with E-state index in [1.165, 1.54) is 15.9 Å². The van der Waals surface area contributed by atoms with E-state index in [0.29, 0.717) is 30.1 Å². The third-order valence-corrected chi connectivity index (χ3v) is 5.13. The summed E-state index contributed by atoms with van der Waals surface area (Å²) in [5.41, 5.74) is 0.755. The van der Waals surface area contributed by atoms with E-state index in [9.17, 15) is 9.59 Å². The second-order valence-corrected chi connectivity index (χ2v) is 7.23. The Labute approximate surface area is 155 Å². The molecule has 0 saturated carbocycles. The van der Waals surface area contributed by atoms with Crippen LogP contribution in [-0.4, -0.2) is 49.6 Å². The molecule has 3 rings (SSSR count). The summed E-state index contributed by atoms with van der Waals surface area (Å²) >= 11 is 1.42. The maximum atomic E-state index is 12.4. The molecule has 0 aliphatic heterocycles. The van der Waals surface area contributed by atoms with Crippen LogP contribution in [-0.2, 0) is 18.4 Å². The van der Waals surface area contributed by atoms with Crippen molar-refractivity contribution in [2.45, 2.75) is 33.2 Å². The van der Waals surface area contributed by atoms with Gasteiger partial charge in [-0.3, -0.25) is 23.5 Å². The molecule has 9 heteroatoms. The summed E-state index contributed by atoms with van der Waals surface area (Å²) in [6, 6.07) is 1.92. The second-order valence-electron chi connectivity index (χ2n) is 6.31. The number of carbonyl (C=O) groups is 1. The van der Waals surface area contributed by atoms with Crippen molar-refractivity contribution >= 4 is 33.2 Å². The molecule has 1 amide bonds. The Morgan fingerprint density at radius 2 is 2.12 bits per heavy atom. The Bertz CT molecular complexity index is 973. The zero-order valence-electron chi connectivity index (χ0n) is 15.4. The van der Waals surface area contributed by atoms with Crippen molar-refractivity contribution in [1.29, 1.82) is 0 Å². The van der Waals surface area contributed by atoms with E-state index in [2.05, 4.69) is 27.3 Å². The van der Waals surface area contributed by atoms with Gasteiger partial charge < -0.3 is 5.32 Å². The number of aromatic nitrogens is 4. The van der Waals surface area contributed by atoms with Gasteiger partial charge in [0.05, 0.1) is 18.6 Å². The van der Waals surface area contributed by atoms with Gasteiger partial charge in [-0.15, -0.1) is 21.5 Å². The van der Waals surface area contributed by atoms with Crippen LogP contribution in [0.25, 0.3) is 16.0 Å². The van der Waals surface area contributed by atoms with E-state index in [1.54, 1.807) is 7.05 Å². The minimum atomic E-state index is -0.0641. The van der Waals surface area contributed by atoms with Gasteiger partial charge in [-0.2, -0.15) is 0 Å². The van der Waals surface area contributed by atoms with Crippen LogP contribution < -0.4 is 10.9 Å². The normalized spacial score (nSPS) is 11.7. The highest BCUT2D eigenvalue weighted by Gasteiger charge is 2.18. The first kappa shape index (κ1) is 18.5. The number of hydrogen-bond acceptors (Lipinski definition) is 6. The molecule has 3 aromatic heterocycles. The quantitative estimate of drug-likeness (QED) is 0.642. The number of carbonyl (C=O) groups excluding carboxylic acids is 1. The van der Waals surface area contributed by atoms with Crippen LogP contribution in [0.2, 0.25) is 0 Å². The van der Waals surface area contributed by atoms with Crippen LogP contribution in [0.5, 0.6) is 0 Å². The van der Waals surface area contributed by atoms with Crippen LogP contribution in [0, 0.1) is 0 Å². The fraction of sp³-hybridized carbons (Fsp3) is 0.529. The zero-order chi connectivity index (χ0) is 18.7. The van der Waals surface area contributed by atoms with Crippen molar-refractivity contribution in [3.8, 4) is 0 Å². The van der Waals surface area contributed by atoms with Gasteiger partial charge >= 0.3 is 0 Å². The van der Waals surface area contributed by atoms with E-state index in [1.807, 2.05) is 22.8 Å². The van der Waals surface area contributed by atoms with Crippen LogP contribution in [0.3, 0.4) is 0 Å². The first-order chi connectivity index (χ1) is 12.6. The van der Waals surface area contributed by atoms with E-state index in [0.717, 1.165) is 30.7 Å². The predicted octanol–water partition coefficient (Wildman–Crippen LogP) is 1.38. The van der Waals surface area contributed by atoms with Gasteiger partial charge in [-0.25, -0.2) is 0 Å². The molecular formula is C17H24N6O2S. The van der Waals surface area contributed by atoms with Crippen molar-refractivity contribution in [3.63, 3.8) is 0 Å². The highest BCUT2D eigenvalue weighted by Crippen LogP contribution is 2.19. The molecule has 0 radical (unpaired) electrons. The maximum absolute atomic E-state index is 12.4. The van der Waals surface area contributed by atoms with Crippen LogP contribution in [0.15, 0.2) is 16.2 Å². The van der Waals surface area contributed by atoms with E-state index >= 15 is 0 Å². The Morgan fingerprint density at radius 3 is 2.85 bits per heavy atom. The van der Waals surface area contributed by atoms with Crippen LogP contribution >= 0.6 is 11.3 Å². The minimum Gasteiger partial charge on any atom is -0.355 e. The lowest BCUT2D eigenvalue weighted by Gasteiger charge is -2.20. The molecule has 0 aliphatic carbocycles. The lowest BCUT2D eigenvalue weighted by Crippen LogP contribution is -2.38. The Kier molecular flexibility index (Phi) is 5.67.